The quantitative estimate of drug-likeness (QED) is 0.820. The highest BCUT2D eigenvalue weighted by Crippen LogP contribution is 2.26. The third-order valence-corrected chi connectivity index (χ3v) is 3.77. The second-order valence-corrected chi connectivity index (χ2v) is 5.41. The van der Waals surface area contributed by atoms with E-state index >= 15 is 0 Å². The maximum atomic E-state index is 13.7. The number of benzene rings is 2. The Hall–Kier alpha value is -1.46. The molecule has 0 heterocycles. The highest BCUT2D eigenvalue weighted by Gasteiger charge is 2.11. The fourth-order valence-corrected chi connectivity index (χ4v) is 2.29. The van der Waals surface area contributed by atoms with Crippen molar-refractivity contribution in [1.29, 1.82) is 0 Å². The largest absolute Gasteiger partial charge is 0.389 e. The van der Waals surface area contributed by atoms with Gasteiger partial charge in [-0.1, -0.05) is 40.3 Å². The van der Waals surface area contributed by atoms with E-state index in [2.05, 4.69) is 21.2 Å². The van der Waals surface area contributed by atoms with Crippen molar-refractivity contribution in [3.8, 4) is 0 Å². The van der Waals surface area contributed by atoms with E-state index in [4.69, 9.17) is 18.0 Å². The zero-order valence-electron chi connectivity index (χ0n) is 10.2. The van der Waals surface area contributed by atoms with Crippen LogP contribution in [-0.2, 0) is 0 Å². The summed E-state index contributed by atoms with van der Waals surface area (Å²) in [4.78, 5) is 0.0341. The van der Waals surface area contributed by atoms with Gasteiger partial charge in [0.1, 0.15) is 10.8 Å². The first kappa shape index (κ1) is 14.0. The van der Waals surface area contributed by atoms with Gasteiger partial charge in [-0.3, -0.25) is 0 Å². The van der Waals surface area contributed by atoms with Gasteiger partial charge in [0, 0.05) is 10.2 Å². The van der Waals surface area contributed by atoms with Crippen LogP contribution in [0.15, 0.2) is 40.9 Å². The molecule has 2 nitrogen and oxygen atoms in total. The Morgan fingerprint density at radius 3 is 2.68 bits per heavy atom. The van der Waals surface area contributed by atoms with Crippen molar-refractivity contribution in [2.75, 3.05) is 5.32 Å². The van der Waals surface area contributed by atoms with Gasteiger partial charge in [0.05, 0.1) is 11.3 Å². The third-order valence-electron chi connectivity index (χ3n) is 2.71. The normalized spacial score (nSPS) is 10.3. The summed E-state index contributed by atoms with van der Waals surface area (Å²) >= 11 is 8.35. The first-order chi connectivity index (χ1) is 8.99. The van der Waals surface area contributed by atoms with Crippen LogP contribution in [0.3, 0.4) is 0 Å². The van der Waals surface area contributed by atoms with Gasteiger partial charge in [-0.05, 0) is 36.8 Å². The number of halogens is 2. The fraction of sp³-hybridized carbons (Fsp3) is 0.0714. The van der Waals surface area contributed by atoms with Gasteiger partial charge >= 0.3 is 0 Å². The summed E-state index contributed by atoms with van der Waals surface area (Å²) in [6.45, 7) is 2.00. The van der Waals surface area contributed by atoms with Crippen LogP contribution in [0.1, 0.15) is 11.1 Å². The summed E-state index contributed by atoms with van der Waals surface area (Å²) in [7, 11) is 0. The second kappa shape index (κ2) is 5.67. The van der Waals surface area contributed by atoms with E-state index < -0.39 is 5.82 Å². The van der Waals surface area contributed by atoms with Gasteiger partial charge in [-0.15, -0.1) is 0 Å². The van der Waals surface area contributed by atoms with Crippen LogP contribution in [0.2, 0.25) is 0 Å². The molecule has 3 N–H and O–H groups in total. The number of thiocarbonyl (C=S) groups is 1. The average molecular weight is 339 g/mol. The Morgan fingerprint density at radius 1 is 1.32 bits per heavy atom. The smallest absolute Gasteiger partial charge is 0.135 e. The SMILES string of the molecule is Cc1ccc(Nc2cccc(F)c2C(N)=S)cc1Br. The molecule has 2 aromatic rings. The molecule has 0 saturated carbocycles. The zero-order chi connectivity index (χ0) is 14.0. The molecule has 0 fully saturated rings. The first-order valence-electron chi connectivity index (χ1n) is 5.60. The van der Waals surface area contributed by atoms with Crippen molar-refractivity contribution in [1.82, 2.24) is 0 Å². The number of aryl methyl sites for hydroxylation is 1. The predicted octanol–water partition coefficient (Wildman–Crippen LogP) is 4.27. The molecule has 98 valence electrons. The predicted molar refractivity (Wildman–Crippen MR) is 84.4 cm³/mol. The molecule has 2 aromatic carbocycles. The molecule has 0 atom stereocenters. The molecular weight excluding hydrogens is 327 g/mol. The summed E-state index contributed by atoms with van der Waals surface area (Å²) in [5, 5.41) is 3.13. The maximum absolute atomic E-state index is 13.7. The standard InChI is InChI=1S/C14H12BrFN2S/c1-8-5-6-9(7-10(8)15)18-12-4-2-3-11(16)13(12)14(17)19/h2-7,18H,1H3,(H2,17,19). The van der Waals surface area contributed by atoms with Crippen molar-refractivity contribution in [3.63, 3.8) is 0 Å². The molecule has 0 aromatic heterocycles. The highest BCUT2D eigenvalue weighted by molar-refractivity contribution is 9.10. The Kier molecular flexibility index (Phi) is 4.17. The minimum absolute atomic E-state index is 0.0341. The number of nitrogens with two attached hydrogens (primary N) is 1. The average Bonchev–Trinajstić information content (AvgIpc) is 2.33. The van der Waals surface area contributed by atoms with Gasteiger partial charge in [0.2, 0.25) is 0 Å². The van der Waals surface area contributed by atoms with Crippen LogP contribution < -0.4 is 11.1 Å². The summed E-state index contributed by atoms with van der Waals surface area (Å²) < 4.78 is 14.7. The molecule has 0 radical (unpaired) electrons. The molecule has 0 aliphatic carbocycles. The lowest BCUT2D eigenvalue weighted by Crippen LogP contribution is -2.14. The number of hydrogen-bond donors (Lipinski definition) is 2. The lowest BCUT2D eigenvalue weighted by atomic mass is 10.1. The molecule has 0 saturated heterocycles. The highest BCUT2D eigenvalue weighted by atomic mass is 79.9. The second-order valence-electron chi connectivity index (χ2n) is 4.12. The van der Waals surface area contributed by atoms with Crippen LogP contribution in [0.5, 0.6) is 0 Å². The Balaban J connectivity index is 2.40. The minimum atomic E-state index is -0.427. The summed E-state index contributed by atoms with van der Waals surface area (Å²) in [6, 6.07) is 10.5. The van der Waals surface area contributed by atoms with Crippen LogP contribution >= 0.6 is 28.1 Å². The van der Waals surface area contributed by atoms with Gasteiger partial charge in [0.25, 0.3) is 0 Å². The topological polar surface area (TPSA) is 38.0 Å². The molecule has 5 heteroatoms. The molecule has 19 heavy (non-hydrogen) atoms. The Morgan fingerprint density at radius 2 is 2.05 bits per heavy atom. The number of rotatable bonds is 3. The van der Waals surface area contributed by atoms with Crippen LogP contribution in [0.25, 0.3) is 0 Å². The Labute approximate surface area is 124 Å². The van der Waals surface area contributed by atoms with Gasteiger partial charge in [-0.25, -0.2) is 4.39 Å². The molecule has 2 rings (SSSR count). The summed E-state index contributed by atoms with van der Waals surface area (Å²) in [5.41, 5.74) is 8.31. The van der Waals surface area contributed by atoms with Gasteiger partial charge in [0.15, 0.2) is 0 Å². The number of anilines is 2. The lowest BCUT2D eigenvalue weighted by molar-refractivity contribution is 0.626. The van der Waals surface area contributed by atoms with Crippen molar-refractivity contribution in [2.24, 2.45) is 5.73 Å². The van der Waals surface area contributed by atoms with E-state index in [1.54, 1.807) is 12.1 Å². The molecule has 0 aliphatic heterocycles. The van der Waals surface area contributed by atoms with E-state index in [-0.39, 0.29) is 10.6 Å². The number of hydrogen-bond acceptors (Lipinski definition) is 2. The summed E-state index contributed by atoms with van der Waals surface area (Å²) in [5.74, 6) is -0.427. The van der Waals surface area contributed by atoms with Crippen LogP contribution in [-0.4, -0.2) is 4.99 Å². The molecule has 0 bridgehead atoms. The summed E-state index contributed by atoms with van der Waals surface area (Å²) in [6.07, 6.45) is 0. The lowest BCUT2D eigenvalue weighted by Gasteiger charge is -2.12. The third kappa shape index (κ3) is 3.11. The van der Waals surface area contributed by atoms with Crippen LogP contribution in [0.4, 0.5) is 15.8 Å². The van der Waals surface area contributed by atoms with Gasteiger partial charge < -0.3 is 11.1 Å². The molecular formula is C14H12BrFN2S. The van der Waals surface area contributed by atoms with E-state index in [0.29, 0.717) is 5.69 Å². The van der Waals surface area contributed by atoms with Crippen molar-refractivity contribution in [2.45, 2.75) is 6.92 Å². The molecule has 0 aliphatic rings. The van der Waals surface area contributed by atoms with E-state index in [0.717, 1.165) is 15.7 Å². The maximum Gasteiger partial charge on any atom is 0.135 e. The Bertz CT molecular complexity index is 643. The molecule has 0 unspecified atom stereocenters. The monoisotopic (exact) mass is 338 g/mol. The molecule has 0 spiro atoms. The van der Waals surface area contributed by atoms with E-state index in [9.17, 15) is 4.39 Å². The van der Waals surface area contributed by atoms with Crippen molar-refractivity contribution in [3.05, 3.63) is 57.8 Å². The van der Waals surface area contributed by atoms with Gasteiger partial charge in [-0.2, -0.15) is 0 Å². The van der Waals surface area contributed by atoms with Crippen molar-refractivity contribution >= 4 is 44.5 Å². The molecule has 0 amide bonds. The zero-order valence-corrected chi connectivity index (χ0v) is 12.6. The fourth-order valence-electron chi connectivity index (χ4n) is 1.70. The number of nitrogens with one attached hydrogen (secondary N) is 1. The first-order valence-corrected chi connectivity index (χ1v) is 6.80. The van der Waals surface area contributed by atoms with Crippen LogP contribution in [0, 0.1) is 12.7 Å². The van der Waals surface area contributed by atoms with Crippen molar-refractivity contribution < 1.29 is 4.39 Å². The van der Waals surface area contributed by atoms with E-state index in [1.807, 2.05) is 25.1 Å². The minimum Gasteiger partial charge on any atom is -0.389 e. The van der Waals surface area contributed by atoms with E-state index in [1.165, 1.54) is 6.07 Å².